The maximum atomic E-state index is 5.56. The zero-order valence-electron chi connectivity index (χ0n) is 11.4. The average molecular weight is 410 g/mol. The Balaban J connectivity index is 4.31. The standard InChI is InChI=1S/C6H9O.2C4H9.BrH.Sn/c1-3-5-7-6-4-2;2*1-3-4-2;;/h3H,1-2,5-6H2;2*1,3-4H2,2H3;1H;/q;;;;+1/p-1. The Hall–Kier alpha value is 0.719. The Morgan fingerprint density at radius 3 is 2.18 bits per heavy atom. The van der Waals surface area contributed by atoms with Crippen molar-refractivity contribution in [2.45, 2.75) is 48.4 Å². The zero-order valence-corrected chi connectivity index (χ0v) is 15.9. The van der Waals surface area contributed by atoms with Gasteiger partial charge in [-0.05, 0) is 0 Å². The quantitative estimate of drug-likeness (QED) is 0.258. The molecule has 0 bridgehead atoms. The molecule has 0 aliphatic rings. The van der Waals surface area contributed by atoms with Gasteiger partial charge in [0.15, 0.2) is 0 Å². The van der Waals surface area contributed by atoms with Crippen LogP contribution >= 0.6 is 12.7 Å². The molecule has 0 aromatic rings. The van der Waals surface area contributed by atoms with Gasteiger partial charge in [0.05, 0.1) is 0 Å². The Bertz CT molecular complexity index is 220. The van der Waals surface area contributed by atoms with Crippen molar-refractivity contribution in [2.75, 3.05) is 13.2 Å². The number of ether oxygens (including phenoxy) is 1. The summed E-state index contributed by atoms with van der Waals surface area (Å²) in [5, 5.41) is 0. The third-order valence-corrected chi connectivity index (χ3v) is 22.7. The van der Waals surface area contributed by atoms with Crippen molar-refractivity contribution in [3.63, 3.8) is 0 Å². The van der Waals surface area contributed by atoms with Crippen molar-refractivity contribution in [1.29, 1.82) is 0 Å². The second kappa shape index (κ2) is 10.6. The van der Waals surface area contributed by atoms with Crippen LogP contribution < -0.4 is 0 Å². The maximum absolute atomic E-state index is 5.56. The number of halogens is 1. The van der Waals surface area contributed by atoms with E-state index in [9.17, 15) is 0 Å². The summed E-state index contributed by atoms with van der Waals surface area (Å²) >= 11 is 1.83. The van der Waals surface area contributed by atoms with E-state index in [-0.39, 0.29) is 0 Å². The SMILES string of the molecule is C=CCOC[C](=C)[Sn]([Br])([CH2]CCC)[CH2]CCC. The molecule has 0 fully saturated rings. The van der Waals surface area contributed by atoms with Crippen molar-refractivity contribution in [3.8, 4) is 0 Å². The van der Waals surface area contributed by atoms with Gasteiger partial charge in [0.25, 0.3) is 0 Å². The molecule has 0 radical (unpaired) electrons. The minimum atomic E-state index is -2.28. The van der Waals surface area contributed by atoms with Gasteiger partial charge < -0.3 is 0 Å². The fourth-order valence-electron chi connectivity index (χ4n) is 1.79. The van der Waals surface area contributed by atoms with Crippen LogP contribution in [0, 0.1) is 0 Å². The average Bonchev–Trinajstić information content (AvgIpc) is 2.34. The van der Waals surface area contributed by atoms with E-state index < -0.39 is 16.2 Å². The molecule has 17 heavy (non-hydrogen) atoms. The fraction of sp³-hybridized carbons (Fsp3) is 0.714. The molecule has 3 heteroatoms. The summed E-state index contributed by atoms with van der Waals surface area (Å²) in [7, 11) is 0. The van der Waals surface area contributed by atoms with Crippen molar-refractivity contribution in [2.24, 2.45) is 0 Å². The molecule has 0 spiro atoms. The van der Waals surface area contributed by atoms with Crippen LogP contribution in [0.3, 0.4) is 0 Å². The van der Waals surface area contributed by atoms with Gasteiger partial charge in [0.1, 0.15) is 0 Å². The molecule has 0 aromatic carbocycles. The number of rotatable bonds is 11. The number of hydrogen-bond donors (Lipinski definition) is 0. The van der Waals surface area contributed by atoms with E-state index in [1.807, 2.05) is 0 Å². The van der Waals surface area contributed by atoms with Crippen molar-refractivity contribution >= 4 is 28.9 Å². The third-order valence-electron chi connectivity index (χ3n) is 3.00. The van der Waals surface area contributed by atoms with Crippen molar-refractivity contribution in [1.82, 2.24) is 0 Å². The Labute approximate surface area is 117 Å². The molecule has 1 nitrogen and oxygen atoms in total. The van der Waals surface area contributed by atoms with Crippen LogP contribution in [0.1, 0.15) is 39.5 Å². The van der Waals surface area contributed by atoms with Gasteiger partial charge in [0.2, 0.25) is 0 Å². The molecule has 0 aliphatic heterocycles. The molecule has 100 valence electrons. The first-order valence-corrected chi connectivity index (χ1v) is 18.5. The molecule has 0 N–H and O–H groups in total. The first-order valence-electron chi connectivity index (χ1n) is 6.66. The minimum absolute atomic E-state index is 0.634. The van der Waals surface area contributed by atoms with Gasteiger partial charge in [0, 0.05) is 0 Å². The first-order chi connectivity index (χ1) is 8.10. The summed E-state index contributed by atoms with van der Waals surface area (Å²) in [5.41, 5.74) is 0. The van der Waals surface area contributed by atoms with Gasteiger partial charge in [-0.3, -0.25) is 0 Å². The topological polar surface area (TPSA) is 9.23 Å². The van der Waals surface area contributed by atoms with Crippen LogP contribution in [-0.2, 0) is 4.74 Å². The first kappa shape index (κ1) is 17.7. The normalized spacial score (nSPS) is 11.5. The zero-order chi connectivity index (χ0) is 13.1. The van der Waals surface area contributed by atoms with E-state index in [4.69, 9.17) is 4.74 Å². The van der Waals surface area contributed by atoms with E-state index in [1.54, 1.807) is 6.08 Å². The van der Waals surface area contributed by atoms with E-state index in [1.165, 1.54) is 38.1 Å². The summed E-state index contributed by atoms with van der Waals surface area (Å²) in [6, 6.07) is 0. The Morgan fingerprint density at radius 1 is 1.24 bits per heavy atom. The fourth-order valence-corrected chi connectivity index (χ4v) is 15.3. The molecule has 0 aliphatic carbocycles. The molecular formula is C14H27BrOSn. The monoisotopic (exact) mass is 410 g/mol. The van der Waals surface area contributed by atoms with E-state index >= 15 is 0 Å². The van der Waals surface area contributed by atoms with Crippen molar-refractivity contribution in [3.05, 3.63) is 22.8 Å². The molecule has 0 rings (SSSR count). The third kappa shape index (κ3) is 7.68. The number of hydrogen-bond acceptors (Lipinski definition) is 1. The predicted octanol–water partition coefficient (Wildman–Crippen LogP) is 5.23. The van der Waals surface area contributed by atoms with Crippen LogP contribution in [-0.4, -0.2) is 29.4 Å². The van der Waals surface area contributed by atoms with E-state index in [2.05, 4.69) is 39.7 Å². The second-order valence-electron chi connectivity index (χ2n) is 4.58. The summed E-state index contributed by atoms with van der Waals surface area (Å²) < 4.78 is 9.66. The van der Waals surface area contributed by atoms with E-state index in [0.717, 1.165) is 6.61 Å². The van der Waals surface area contributed by atoms with Crippen LogP contribution in [0.2, 0.25) is 8.87 Å². The Kier molecular flexibility index (Phi) is 11.1. The van der Waals surface area contributed by atoms with Crippen LogP contribution in [0.4, 0.5) is 0 Å². The molecule has 0 saturated carbocycles. The van der Waals surface area contributed by atoms with Gasteiger partial charge in [-0.1, -0.05) is 0 Å². The van der Waals surface area contributed by atoms with Crippen LogP contribution in [0.5, 0.6) is 0 Å². The van der Waals surface area contributed by atoms with E-state index in [0.29, 0.717) is 6.61 Å². The van der Waals surface area contributed by atoms with Gasteiger partial charge in [-0.15, -0.1) is 0 Å². The summed E-state index contributed by atoms with van der Waals surface area (Å²) in [4.78, 5) is 0. The number of unbranched alkanes of at least 4 members (excludes halogenated alkanes) is 2. The Morgan fingerprint density at radius 2 is 1.76 bits per heavy atom. The summed E-state index contributed by atoms with van der Waals surface area (Å²) in [6.07, 6.45) is 7.00. The molecule has 0 unspecified atom stereocenters. The van der Waals surface area contributed by atoms with Gasteiger partial charge in [-0.25, -0.2) is 0 Å². The molecule has 0 atom stereocenters. The summed E-state index contributed by atoms with van der Waals surface area (Å²) in [6.45, 7) is 13.8. The van der Waals surface area contributed by atoms with Crippen LogP contribution in [0.15, 0.2) is 22.8 Å². The van der Waals surface area contributed by atoms with Crippen LogP contribution in [0.25, 0.3) is 0 Å². The second-order valence-corrected chi connectivity index (χ2v) is 25.1. The molecule has 0 heterocycles. The van der Waals surface area contributed by atoms with Gasteiger partial charge in [-0.2, -0.15) is 0 Å². The molecule has 0 aromatic heterocycles. The molecule has 0 amide bonds. The molecular weight excluding hydrogens is 383 g/mol. The molecule has 0 saturated heterocycles. The predicted molar refractivity (Wildman–Crippen MR) is 84.3 cm³/mol. The van der Waals surface area contributed by atoms with Gasteiger partial charge >= 0.3 is 118 Å². The summed E-state index contributed by atoms with van der Waals surface area (Å²) in [5.74, 6) is 0. The van der Waals surface area contributed by atoms with Crippen molar-refractivity contribution < 1.29 is 4.74 Å².